The lowest BCUT2D eigenvalue weighted by atomic mass is 9.78. The van der Waals surface area contributed by atoms with E-state index in [4.69, 9.17) is 9.72 Å². The molecule has 3 nitrogen and oxygen atoms in total. The average Bonchev–Trinajstić information content (AvgIpc) is 3.01. The summed E-state index contributed by atoms with van der Waals surface area (Å²) in [6, 6.07) is 6.22. The van der Waals surface area contributed by atoms with Crippen LogP contribution in [0.2, 0.25) is 0 Å². The number of hydrogen-bond acceptors (Lipinski definition) is 4. The van der Waals surface area contributed by atoms with Crippen molar-refractivity contribution in [2.45, 2.75) is 33.1 Å². The number of rotatable bonds is 1. The van der Waals surface area contributed by atoms with Gasteiger partial charge in [-0.15, -0.1) is 11.3 Å². The number of ketones is 1. The van der Waals surface area contributed by atoms with E-state index in [0.29, 0.717) is 6.42 Å². The normalized spacial score (nSPS) is 19.0. The van der Waals surface area contributed by atoms with Crippen LogP contribution in [0.3, 0.4) is 0 Å². The summed E-state index contributed by atoms with van der Waals surface area (Å²) in [7, 11) is 0. The number of fused-ring (bicyclic) bond motifs is 2. The van der Waals surface area contributed by atoms with E-state index in [2.05, 4.69) is 19.9 Å². The SMILES string of the molecule is CC1(C)CC(=O)c2sc(-c3ccc4c(c3)CCO4)nc2C1. The number of nitrogens with zero attached hydrogens (tertiary/aromatic N) is 1. The summed E-state index contributed by atoms with van der Waals surface area (Å²) in [5.74, 6) is 1.23. The lowest BCUT2D eigenvalue weighted by molar-refractivity contribution is 0.0916. The van der Waals surface area contributed by atoms with Gasteiger partial charge in [0.25, 0.3) is 0 Å². The smallest absolute Gasteiger partial charge is 0.175 e. The van der Waals surface area contributed by atoms with E-state index < -0.39 is 0 Å². The summed E-state index contributed by atoms with van der Waals surface area (Å²) in [5.41, 5.74) is 3.35. The molecule has 0 unspecified atom stereocenters. The van der Waals surface area contributed by atoms with Crippen LogP contribution in [0.25, 0.3) is 10.6 Å². The molecule has 0 fully saturated rings. The molecule has 0 saturated heterocycles. The highest BCUT2D eigenvalue weighted by atomic mass is 32.1. The van der Waals surface area contributed by atoms with E-state index in [1.54, 1.807) is 11.3 Å². The number of ether oxygens (including phenoxy) is 1. The van der Waals surface area contributed by atoms with Crippen LogP contribution < -0.4 is 4.74 Å². The minimum Gasteiger partial charge on any atom is -0.493 e. The minimum absolute atomic E-state index is 0.0290. The lowest BCUT2D eigenvalue weighted by Gasteiger charge is -2.26. The minimum atomic E-state index is 0.0290. The van der Waals surface area contributed by atoms with Crippen molar-refractivity contribution < 1.29 is 9.53 Å². The number of Topliss-reactive ketones (excluding diaryl/α,β-unsaturated/α-hetero) is 1. The Balaban J connectivity index is 1.76. The Kier molecular flexibility index (Phi) is 2.73. The van der Waals surface area contributed by atoms with Gasteiger partial charge in [0.1, 0.15) is 10.8 Å². The number of thiazole rings is 1. The van der Waals surface area contributed by atoms with Crippen LogP contribution in [0.1, 0.15) is 41.2 Å². The maximum atomic E-state index is 12.3. The molecule has 0 bridgehead atoms. The maximum Gasteiger partial charge on any atom is 0.175 e. The van der Waals surface area contributed by atoms with Crippen molar-refractivity contribution in [3.8, 4) is 16.3 Å². The van der Waals surface area contributed by atoms with E-state index in [-0.39, 0.29) is 11.2 Å². The summed E-state index contributed by atoms with van der Waals surface area (Å²) in [6.45, 7) is 5.04. The first kappa shape index (κ1) is 13.0. The predicted molar refractivity (Wildman–Crippen MR) is 83.2 cm³/mol. The Labute approximate surface area is 128 Å². The maximum absolute atomic E-state index is 12.3. The van der Waals surface area contributed by atoms with Crippen LogP contribution >= 0.6 is 11.3 Å². The molecule has 2 aromatic rings. The molecule has 0 amide bonds. The monoisotopic (exact) mass is 299 g/mol. The molecule has 4 rings (SSSR count). The zero-order valence-electron chi connectivity index (χ0n) is 12.2. The second-order valence-electron chi connectivity index (χ2n) is 6.66. The van der Waals surface area contributed by atoms with E-state index in [0.717, 1.165) is 46.3 Å². The Hall–Kier alpha value is -1.68. The molecule has 1 aromatic heterocycles. The fraction of sp³-hybridized carbons (Fsp3) is 0.412. The quantitative estimate of drug-likeness (QED) is 0.801. The molecule has 0 saturated carbocycles. The number of benzene rings is 1. The van der Waals surface area contributed by atoms with Crippen LogP contribution in [0.5, 0.6) is 5.75 Å². The average molecular weight is 299 g/mol. The number of carbonyl (C=O) groups excluding carboxylic acids is 1. The highest BCUT2D eigenvalue weighted by Gasteiger charge is 2.34. The zero-order valence-corrected chi connectivity index (χ0v) is 13.0. The van der Waals surface area contributed by atoms with Gasteiger partial charge in [-0.3, -0.25) is 4.79 Å². The second-order valence-corrected chi connectivity index (χ2v) is 7.66. The molecule has 21 heavy (non-hydrogen) atoms. The molecule has 0 N–H and O–H groups in total. The molecule has 2 aliphatic rings. The fourth-order valence-electron chi connectivity index (χ4n) is 3.16. The van der Waals surface area contributed by atoms with Crippen molar-refractivity contribution in [2.24, 2.45) is 5.41 Å². The third-order valence-electron chi connectivity index (χ3n) is 4.17. The van der Waals surface area contributed by atoms with Gasteiger partial charge in [0.15, 0.2) is 5.78 Å². The third kappa shape index (κ3) is 2.18. The van der Waals surface area contributed by atoms with Crippen molar-refractivity contribution in [2.75, 3.05) is 6.61 Å². The third-order valence-corrected chi connectivity index (χ3v) is 5.36. The van der Waals surface area contributed by atoms with Gasteiger partial charge < -0.3 is 4.74 Å². The summed E-state index contributed by atoms with van der Waals surface area (Å²) >= 11 is 1.54. The van der Waals surface area contributed by atoms with Gasteiger partial charge in [-0.2, -0.15) is 0 Å². The highest BCUT2D eigenvalue weighted by molar-refractivity contribution is 7.17. The van der Waals surface area contributed by atoms with Crippen molar-refractivity contribution in [3.05, 3.63) is 34.3 Å². The van der Waals surface area contributed by atoms with Crippen LogP contribution in [0.4, 0.5) is 0 Å². The Morgan fingerprint density at radius 3 is 3.00 bits per heavy atom. The van der Waals surface area contributed by atoms with E-state index in [1.165, 1.54) is 5.56 Å². The van der Waals surface area contributed by atoms with Crippen LogP contribution in [-0.4, -0.2) is 17.4 Å². The van der Waals surface area contributed by atoms with Crippen molar-refractivity contribution in [3.63, 3.8) is 0 Å². The molecule has 108 valence electrons. The van der Waals surface area contributed by atoms with Gasteiger partial charge in [-0.05, 0) is 35.6 Å². The van der Waals surface area contributed by atoms with E-state index >= 15 is 0 Å². The van der Waals surface area contributed by atoms with Crippen LogP contribution in [0.15, 0.2) is 18.2 Å². The van der Waals surface area contributed by atoms with Gasteiger partial charge in [0.05, 0.1) is 17.2 Å². The molecule has 0 spiro atoms. The van der Waals surface area contributed by atoms with Gasteiger partial charge in [0, 0.05) is 18.4 Å². The Bertz CT molecular complexity index is 745. The Morgan fingerprint density at radius 1 is 1.29 bits per heavy atom. The first-order valence-electron chi connectivity index (χ1n) is 7.31. The molecule has 0 radical (unpaired) electrons. The molecular formula is C17H17NO2S. The van der Waals surface area contributed by atoms with E-state index in [9.17, 15) is 4.79 Å². The molecule has 1 aromatic carbocycles. The van der Waals surface area contributed by atoms with Gasteiger partial charge >= 0.3 is 0 Å². The Morgan fingerprint density at radius 2 is 2.14 bits per heavy atom. The van der Waals surface area contributed by atoms with Gasteiger partial charge in [-0.1, -0.05) is 13.8 Å². The lowest BCUT2D eigenvalue weighted by Crippen LogP contribution is -2.25. The summed E-state index contributed by atoms with van der Waals surface area (Å²) in [4.78, 5) is 17.9. The molecule has 2 heterocycles. The topological polar surface area (TPSA) is 39.2 Å². The highest BCUT2D eigenvalue weighted by Crippen LogP contribution is 2.40. The van der Waals surface area contributed by atoms with Crippen molar-refractivity contribution in [1.29, 1.82) is 0 Å². The summed E-state index contributed by atoms with van der Waals surface area (Å²) < 4.78 is 5.54. The predicted octanol–water partition coefficient (Wildman–Crippen LogP) is 3.90. The van der Waals surface area contributed by atoms with E-state index in [1.807, 2.05) is 12.1 Å². The number of hydrogen-bond donors (Lipinski definition) is 0. The van der Waals surface area contributed by atoms with Crippen LogP contribution in [-0.2, 0) is 12.8 Å². The molecule has 1 aliphatic heterocycles. The number of carbonyl (C=O) groups is 1. The summed E-state index contributed by atoms with van der Waals surface area (Å²) in [5, 5.41) is 0.959. The standard InChI is InChI=1S/C17H17NO2S/c1-17(2)8-12-15(13(19)9-17)21-16(18-12)11-3-4-14-10(7-11)5-6-20-14/h3-4,7H,5-6,8-9H2,1-2H3. The van der Waals surface area contributed by atoms with Crippen LogP contribution in [0, 0.1) is 5.41 Å². The fourth-order valence-corrected chi connectivity index (χ4v) is 4.18. The van der Waals surface area contributed by atoms with Crippen molar-refractivity contribution >= 4 is 17.1 Å². The molecule has 1 aliphatic carbocycles. The summed E-state index contributed by atoms with van der Waals surface area (Å²) in [6.07, 6.45) is 2.47. The first-order chi connectivity index (χ1) is 10.0. The van der Waals surface area contributed by atoms with Crippen molar-refractivity contribution in [1.82, 2.24) is 4.98 Å². The largest absolute Gasteiger partial charge is 0.493 e. The van der Waals surface area contributed by atoms with Gasteiger partial charge in [0.2, 0.25) is 0 Å². The first-order valence-corrected chi connectivity index (χ1v) is 8.12. The molecule has 4 heteroatoms. The molecular weight excluding hydrogens is 282 g/mol. The molecule has 0 atom stereocenters. The number of aromatic nitrogens is 1. The van der Waals surface area contributed by atoms with Gasteiger partial charge in [-0.25, -0.2) is 4.98 Å². The second kappa shape index (κ2) is 4.41. The zero-order chi connectivity index (χ0) is 14.6.